The molecule has 1 N–H and O–H groups in total. The zero-order valence-corrected chi connectivity index (χ0v) is 15.0. The topological polar surface area (TPSA) is 86.5 Å². The Kier molecular flexibility index (Phi) is 5.88. The average Bonchev–Trinajstić information content (AvgIpc) is 3.15. The van der Waals surface area contributed by atoms with Gasteiger partial charge in [-0.1, -0.05) is 30.4 Å². The molecule has 1 heterocycles. The monoisotopic (exact) mass is 357 g/mol. The van der Waals surface area contributed by atoms with Crippen LogP contribution in [-0.2, 0) is 4.79 Å². The molecule has 0 spiro atoms. The van der Waals surface area contributed by atoms with Crippen molar-refractivity contribution in [2.24, 2.45) is 0 Å². The van der Waals surface area contributed by atoms with Crippen molar-refractivity contribution in [2.75, 3.05) is 19.5 Å². The Labute approximate surface area is 152 Å². The summed E-state index contributed by atoms with van der Waals surface area (Å²) in [6.07, 6.45) is 8.84. The lowest BCUT2D eigenvalue weighted by Crippen LogP contribution is -2.08. The molecule has 7 nitrogen and oxygen atoms in total. The molecule has 1 aliphatic carbocycles. The smallest absolute Gasteiger partial charge is 0.322 e. The molecule has 1 aromatic carbocycles. The molecule has 7 heteroatoms. The van der Waals surface area contributed by atoms with Gasteiger partial charge in [0.05, 0.1) is 14.2 Å². The molecular weight excluding hydrogens is 334 g/mol. The first-order valence-corrected chi connectivity index (χ1v) is 8.74. The second-order valence-corrected chi connectivity index (χ2v) is 6.22. The lowest BCUT2D eigenvalue weighted by Gasteiger charge is -2.17. The highest BCUT2D eigenvalue weighted by Crippen LogP contribution is 2.32. The summed E-state index contributed by atoms with van der Waals surface area (Å²) in [5, 5.41) is 10.6. The molecule has 0 unspecified atom stereocenters. The zero-order chi connectivity index (χ0) is 18.4. The van der Waals surface area contributed by atoms with Crippen LogP contribution in [0.4, 0.5) is 6.01 Å². The Morgan fingerprint density at radius 3 is 2.65 bits per heavy atom. The molecule has 0 saturated heterocycles. The van der Waals surface area contributed by atoms with E-state index >= 15 is 0 Å². The maximum absolute atomic E-state index is 12.1. The Morgan fingerprint density at radius 2 is 1.92 bits per heavy atom. The van der Waals surface area contributed by atoms with Crippen LogP contribution >= 0.6 is 0 Å². The van der Waals surface area contributed by atoms with E-state index in [0.29, 0.717) is 23.3 Å². The van der Waals surface area contributed by atoms with E-state index in [1.807, 2.05) is 6.07 Å². The van der Waals surface area contributed by atoms with Crippen molar-refractivity contribution in [2.45, 2.75) is 38.0 Å². The Bertz CT molecular complexity index is 779. The van der Waals surface area contributed by atoms with E-state index in [9.17, 15) is 4.79 Å². The molecule has 0 atom stereocenters. The van der Waals surface area contributed by atoms with Crippen LogP contribution in [0.25, 0.3) is 6.08 Å². The average molecular weight is 357 g/mol. The van der Waals surface area contributed by atoms with E-state index < -0.39 is 0 Å². The number of carbonyl (C=O) groups excluding carboxylic acids is 1. The van der Waals surface area contributed by atoms with Gasteiger partial charge in [-0.25, -0.2) is 0 Å². The zero-order valence-electron chi connectivity index (χ0n) is 15.0. The van der Waals surface area contributed by atoms with Crippen molar-refractivity contribution in [1.82, 2.24) is 10.2 Å². The first-order valence-electron chi connectivity index (χ1n) is 8.74. The number of hydrogen-bond acceptors (Lipinski definition) is 6. The maximum Gasteiger partial charge on any atom is 0.322 e. The van der Waals surface area contributed by atoms with E-state index in [1.165, 1.54) is 25.3 Å². The summed E-state index contributed by atoms with van der Waals surface area (Å²) in [7, 11) is 3.14. The SMILES string of the molecule is COc1ccc(C=CC(=O)Nc2nnc(C3CCCCC3)o2)cc1OC. The Balaban J connectivity index is 1.60. The minimum absolute atomic E-state index is 0.132. The summed E-state index contributed by atoms with van der Waals surface area (Å²) in [5.74, 6) is 1.82. The maximum atomic E-state index is 12.1. The minimum Gasteiger partial charge on any atom is -0.493 e. The van der Waals surface area contributed by atoms with E-state index in [0.717, 1.165) is 18.4 Å². The number of rotatable bonds is 6. The van der Waals surface area contributed by atoms with Gasteiger partial charge >= 0.3 is 6.01 Å². The second kappa shape index (κ2) is 8.51. The highest BCUT2D eigenvalue weighted by molar-refractivity contribution is 6.00. The van der Waals surface area contributed by atoms with E-state index in [2.05, 4.69) is 15.5 Å². The van der Waals surface area contributed by atoms with Crippen molar-refractivity contribution in [1.29, 1.82) is 0 Å². The fraction of sp³-hybridized carbons (Fsp3) is 0.421. The lowest BCUT2D eigenvalue weighted by molar-refractivity contribution is -0.112. The van der Waals surface area contributed by atoms with E-state index in [4.69, 9.17) is 13.9 Å². The molecule has 2 aromatic rings. The Hall–Kier alpha value is -2.83. The fourth-order valence-electron chi connectivity index (χ4n) is 3.08. The van der Waals surface area contributed by atoms with Gasteiger partial charge in [-0.2, -0.15) is 0 Å². The highest BCUT2D eigenvalue weighted by atomic mass is 16.5. The standard InChI is InChI=1S/C19H23N3O4/c1-24-15-10-8-13(12-16(15)25-2)9-11-17(23)20-19-22-21-18(26-19)14-6-4-3-5-7-14/h8-12,14H,3-7H2,1-2H3,(H,20,22,23). The summed E-state index contributed by atoms with van der Waals surface area (Å²) in [6.45, 7) is 0. The molecule has 1 aliphatic rings. The highest BCUT2D eigenvalue weighted by Gasteiger charge is 2.21. The number of amides is 1. The normalized spacial score (nSPS) is 15.2. The number of hydrogen-bond donors (Lipinski definition) is 1. The minimum atomic E-state index is -0.335. The molecule has 1 fully saturated rings. The molecule has 0 radical (unpaired) electrons. The second-order valence-electron chi connectivity index (χ2n) is 6.22. The molecule has 138 valence electrons. The van der Waals surface area contributed by atoms with Gasteiger partial charge in [-0.05, 0) is 36.6 Å². The van der Waals surface area contributed by atoms with Crippen molar-refractivity contribution in [3.63, 3.8) is 0 Å². The van der Waals surface area contributed by atoms with Crippen LogP contribution in [0.1, 0.15) is 49.5 Å². The molecule has 26 heavy (non-hydrogen) atoms. The summed E-state index contributed by atoms with van der Waals surface area (Å²) >= 11 is 0. The van der Waals surface area contributed by atoms with Crippen LogP contribution in [0.5, 0.6) is 11.5 Å². The number of anilines is 1. The van der Waals surface area contributed by atoms with Gasteiger partial charge in [0.1, 0.15) is 0 Å². The first kappa shape index (κ1) is 18.0. The van der Waals surface area contributed by atoms with Crippen LogP contribution in [0, 0.1) is 0 Å². The third kappa shape index (κ3) is 4.41. The molecule has 3 rings (SSSR count). The van der Waals surface area contributed by atoms with Gasteiger partial charge in [0.25, 0.3) is 5.91 Å². The van der Waals surface area contributed by atoms with Gasteiger partial charge in [0.2, 0.25) is 5.89 Å². The van der Waals surface area contributed by atoms with Crippen molar-refractivity contribution in [3.8, 4) is 11.5 Å². The largest absolute Gasteiger partial charge is 0.493 e. The molecule has 1 saturated carbocycles. The number of aromatic nitrogens is 2. The fourth-order valence-corrected chi connectivity index (χ4v) is 3.08. The summed E-state index contributed by atoms with van der Waals surface area (Å²) < 4.78 is 16.0. The van der Waals surface area contributed by atoms with Crippen molar-refractivity contribution >= 4 is 18.0 Å². The van der Waals surface area contributed by atoms with Crippen LogP contribution in [0.15, 0.2) is 28.7 Å². The van der Waals surface area contributed by atoms with Gasteiger partial charge in [0.15, 0.2) is 11.5 Å². The van der Waals surface area contributed by atoms with Gasteiger partial charge in [-0.3, -0.25) is 10.1 Å². The Morgan fingerprint density at radius 1 is 1.15 bits per heavy atom. The number of methoxy groups -OCH3 is 2. The van der Waals surface area contributed by atoms with E-state index in [1.54, 1.807) is 32.4 Å². The third-order valence-corrected chi connectivity index (χ3v) is 4.46. The van der Waals surface area contributed by atoms with Gasteiger partial charge < -0.3 is 13.9 Å². The van der Waals surface area contributed by atoms with E-state index in [-0.39, 0.29) is 11.9 Å². The number of carbonyl (C=O) groups is 1. The molecule has 0 bridgehead atoms. The number of benzene rings is 1. The van der Waals surface area contributed by atoms with Crippen LogP contribution in [-0.4, -0.2) is 30.3 Å². The molecule has 1 amide bonds. The molecule has 0 aliphatic heterocycles. The van der Waals surface area contributed by atoms with Crippen molar-refractivity contribution in [3.05, 3.63) is 35.7 Å². The predicted molar refractivity (Wildman–Crippen MR) is 97.3 cm³/mol. The van der Waals surface area contributed by atoms with Crippen LogP contribution < -0.4 is 14.8 Å². The van der Waals surface area contributed by atoms with Gasteiger partial charge in [-0.15, -0.1) is 5.10 Å². The quantitative estimate of drug-likeness (QED) is 0.792. The van der Waals surface area contributed by atoms with Gasteiger partial charge in [0, 0.05) is 12.0 Å². The number of nitrogens with one attached hydrogen (secondary N) is 1. The van der Waals surface area contributed by atoms with Crippen LogP contribution in [0.3, 0.4) is 0 Å². The van der Waals surface area contributed by atoms with Crippen molar-refractivity contribution < 1.29 is 18.7 Å². The summed E-state index contributed by atoms with van der Waals surface area (Å²) in [6, 6.07) is 5.54. The predicted octanol–water partition coefficient (Wildman–Crippen LogP) is 3.79. The lowest BCUT2D eigenvalue weighted by atomic mass is 9.89. The first-order chi connectivity index (χ1) is 12.7. The number of ether oxygens (including phenoxy) is 2. The summed E-state index contributed by atoms with van der Waals surface area (Å²) in [5.41, 5.74) is 0.811. The number of nitrogens with zero attached hydrogens (tertiary/aromatic N) is 2. The summed E-state index contributed by atoms with van der Waals surface area (Å²) in [4.78, 5) is 12.1. The molecule has 1 aromatic heterocycles. The van der Waals surface area contributed by atoms with Crippen LogP contribution in [0.2, 0.25) is 0 Å². The molecular formula is C19H23N3O4. The third-order valence-electron chi connectivity index (χ3n) is 4.46.